The first-order chi connectivity index (χ1) is 13.1. The number of rotatable bonds is 7. The van der Waals surface area contributed by atoms with E-state index in [1.54, 1.807) is 24.3 Å². The normalized spacial score (nSPS) is 14.5. The minimum atomic E-state index is -0.434. The van der Waals surface area contributed by atoms with Crippen molar-refractivity contribution in [3.05, 3.63) is 59.7 Å². The molecule has 2 aromatic carbocycles. The van der Waals surface area contributed by atoms with E-state index in [4.69, 9.17) is 10.5 Å². The Labute approximate surface area is 159 Å². The molecule has 2 aromatic rings. The van der Waals surface area contributed by atoms with E-state index in [0.717, 1.165) is 12.4 Å². The van der Waals surface area contributed by atoms with Gasteiger partial charge in [0, 0.05) is 11.3 Å². The van der Waals surface area contributed by atoms with Gasteiger partial charge in [0.25, 0.3) is 5.91 Å². The van der Waals surface area contributed by atoms with Gasteiger partial charge in [-0.3, -0.25) is 9.59 Å². The first-order valence-corrected chi connectivity index (χ1v) is 9.52. The molecule has 1 saturated carbocycles. The van der Waals surface area contributed by atoms with Crippen molar-refractivity contribution in [2.24, 2.45) is 11.7 Å². The highest BCUT2D eigenvalue weighted by molar-refractivity contribution is 6.05. The summed E-state index contributed by atoms with van der Waals surface area (Å²) in [5.74, 6) is 0.761. The van der Waals surface area contributed by atoms with Gasteiger partial charge in [-0.05, 0) is 54.7 Å². The topological polar surface area (TPSA) is 81.4 Å². The van der Waals surface area contributed by atoms with Gasteiger partial charge >= 0.3 is 0 Å². The average Bonchev–Trinajstić information content (AvgIpc) is 2.69. The first kappa shape index (κ1) is 19.0. The Morgan fingerprint density at radius 3 is 2.41 bits per heavy atom. The highest BCUT2D eigenvalue weighted by atomic mass is 16.5. The molecule has 0 aromatic heterocycles. The number of nitrogens with two attached hydrogens (primary N) is 1. The Hall–Kier alpha value is -2.82. The van der Waals surface area contributed by atoms with Crippen LogP contribution in [0.25, 0.3) is 0 Å². The molecule has 1 aliphatic carbocycles. The SMILES string of the molecule is NC(=O)Cc1ccccc1NC(=O)c1ccc(OCC2CCCCC2)cc1. The van der Waals surface area contributed by atoms with Crippen LogP contribution in [0.2, 0.25) is 0 Å². The second kappa shape index (κ2) is 9.21. The molecule has 0 saturated heterocycles. The van der Waals surface area contributed by atoms with Crippen LogP contribution in [0.1, 0.15) is 48.0 Å². The number of primary amides is 1. The summed E-state index contributed by atoms with van der Waals surface area (Å²) in [5.41, 5.74) is 7.10. The van der Waals surface area contributed by atoms with Gasteiger partial charge in [0.2, 0.25) is 5.91 Å². The summed E-state index contributed by atoms with van der Waals surface area (Å²) in [6.45, 7) is 0.742. The van der Waals surface area contributed by atoms with Crippen molar-refractivity contribution < 1.29 is 14.3 Å². The van der Waals surface area contributed by atoms with Gasteiger partial charge in [-0.25, -0.2) is 0 Å². The van der Waals surface area contributed by atoms with E-state index in [1.807, 2.05) is 24.3 Å². The molecule has 5 nitrogen and oxygen atoms in total. The predicted molar refractivity (Wildman–Crippen MR) is 106 cm³/mol. The zero-order chi connectivity index (χ0) is 19.1. The summed E-state index contributed by atoms with van der Waals surface area (Å²) in [5, 5.41) is 2.85. The van der Waals surface area contributed by atoms with Crippen LogP contribution in [0, 0.1) is 5.92 Å². The Bertz CT molecular complexity index is 780. The molecule has 0 aliphatic heterocycles. The zero-order valence-electron chi connectivity index (χ0n) is 15.4. The second-order valence-corrected chi connectivity index (χ2v) is 7.09. The second-order valence-electron chi connectivity index (χ2n) is 7.09. The number of carbonyl (C=O) groups excluding carboxylic acids is 2. The van der Waals surface area contributed by atoms with E-state index in [0.29, 0.717) is 22.7 Å². The van der Waals surface area contributed by atoms with Gasteiger partial charge < -0.3 is 15.8 Å². The lowest BCUT2D eigenvalue weighted by atomic mass is 9.90. The maximum atomic E-state index is 12.5. The zero-order valence-corrected chi connectivity index (χ0v) is 15.4. The fourth-order valence-corrected chi connectivity index (χ4v) is 3.45. The van der Waals surface area contributed by atoms with Crippen molar-refractivity contribution >= 4 is 17.5 Å². The Morgan fingerprint density at radius 1 is 1.00 bits per heavy atom. The van der Waals surface area contributed by atoms with Gasteiger partial charge in [0.15, 0.2) is 0 Å². The summed E-state index contributed by atoms with van der Waals surface area (Å²) in [6, 6.07) is 14.3. The first-order valence-electron chi connectivity index (χ1n) is 9.52. The largest absolute Gasteiger partial charge is 0.493 e. The van der Waals surface area contributed by atoms with Gasteiger partial charge in [0.1, 0.15) is 5.75 Å². The maximum Gasteiger partial charge on any atom is 0.255 e. The highest BCUT2D eigenvalue weighted by Gasteiger charge is 2.14. The van der Waals surface area contributed by atoms with Crippen LogP contribution in [-0.4, -0.2) is 18.4 Å². The van der Waals surface area contributed by atoms with Crippen LogP contribution >= 0.6 is 0 Å². The van der Waals surface area contributed by atoms with Crippen LogP contribution in [0.5, 0.6) is 5.75 Å². The number of para-hydroxylation sites is 1. The molecular formula is C22H26N2O3. The molecule has 5 heteroatoms. The maximum absolute atomic E-state index is 12.5. The van der Waals surface area contributed by atoms with Gasteiger partial charge in [-0.15, -0.1) is 0 Å². The standard InChI is InChI=1S/C22H26N2O3/c23-21(25)14-18-8-4-5-9-20(18)24-22(26)17-10-12-19(13-11-17)27-15-16-6-2-1-3-7-16/h4-5,8-13,16H,1-3,6-7,14-15H2,(H2,23,25)(H,24,26). The van der Waals surface area contributed by atoms with Crippen molar-refractivity contribution in [1.82, 2.24) is 0 Å². The number of hydrogen-bond acceptors (Lipinski definition) is 3. The third-order valence-corrected chi connectivity index (χ3v) is 4.96. The Kier molecular flexibility index (Phi) is 6.47. The van der Waals surface area contributed by atoms with Crippen LogP contribution in [0.3, 0.4) is 0 Å². The van der Waals surface area contributed by atoms with E-state index in [9.17, 15) is 9.59 Å². The summed E-state index contributed by atoms with van der Waals surface area (Å²) in [6.07, 6.45) is 6.50. The monoisotopic (exact) mass is 366 g/mol. The van der Waals surface area contributed by atoms with E-state index >= 15 is 0 Å². The van der Waals surface area contributed by atoms with Crippen molar-refractivity contribution in [3.63, 3.8) is 0 Å². The summed E-state index contributed by atoms with van der Waals surface area (Å²) in [7, 11) is 0. The molecule has 0 radical (unpaired) electrons. The number of ether oxygens (including phenoxy) is 1. The third-order valence-electron chi connectivity index (χ3n) is 4.96. The van der Waals surface area contributed by atoms with E-state index < -0.39 is 5.91 Å². The number of carbonyl (C=O) groups is 2. The average molecular weight is 366 g/mol. The van der Waals surface area contributed by atoms with Gasteiger partial charge in [0.05, 0.1) is 13.0 Å². The lowest BCUT2D eigenvalue weighted by Gasteiger charge is -2.21. The van der Waals surface area contributed by atoms with Crippen LogP contribution < -0.4 is 15.8 Å². The lowest BCUT2D eigenvalue weighted by molar-refractivity contribution is -0.117. The van der Waals surface area contributed by atoms with Gasteiger partial charge in [-0.2, -0.15) is 0 Å². The lowest BCUT2D eigenvalue weighted by Crippen LogP contribution is -2.17. The third kappa shape index (κ3) is 5.58. The van der Waals surface area contributed by atoms with Gasteiger partial charge in [-0.1, -0.05) is 37.5 Å². The number of amides is 2. The number of anilines is 1. The predicted octanol–water partition coefficient (Wildman–Crippen LogP) is 3.93. The highest BCUT2D eigenvalue weighted by Crippen LogP contribution is 2.25. The molecule has 1 aliphatic rings. The molecule has 3 rings (SSSR count). The molecule has 0 atom stereocenters. The van der Waals surface area contributed by atoms with Crippen molar-refractivity contribution in [2.75, 3.05) is 11.9 Å². The summed E-state index contributed by atoms with van der Waals surface area (Å²) in [4.78, 5) is 23.7. The number of nitrogens with one attached hydrogen (secondary N) is 1. The van der Waals surface area contributed by atoms with E-state index in [1.165, 1.54) is 32.1 Å². The molecule has 3 N–H and O–H groups in total. The van der Waals surface area contributed by atoms with Crippen molar-refractivity contribution in [1.29, 1.82) is 0 Å². The fourth-order valence-electron chi connectivity index (χ4n) is 3.45. The number of benzene rings is 2. The van der Waals surface area contributed by atoms with Crippen LogP contribution in [0.15, 0.2) is 48.5 Å². The molecule has 0 unspecified atom stereocenters. The number of hydrogen-bond donors (Lipinski definition) is 2. The molecular weight excluding hydrogens is 340 g/mol. The van der Waals surface area contributed by atoms with Crippen molar-refractivity contribution in [3.8, 4) is 5.75 Å². The molecule has 0 spiro atoms. The van der Waals surface area contributed by atoms with Crippen LogP contribution in [0.4, 0.5) is 5.69 Å². The minimum Gasteiger partial charge on any atom is -0.493 e. The molecule has 0 heterocycles. The Balaban J connectivity index is 1.58. The molecule has 2 amide bonds. The molecule has 142 valence electrons. The van der Waals surface area contributed by atoms with E-state index in [-0.39, 0.29) is 12.3 Å². The van der Waals surface area contributed by atoms with E-state index in [2.05, 4.69) is 5.32 Å². The molecule has 1 fully saturated rings. The molecule has 27 heavy (non-hydrogen) atoms. The fraction of sp³-hybridized carbons (Fsp3) is 0.364. The van der Waals surface area contributed by atoms with Crippen LogP contribution in [-0.2, 0) is 11.2 Å². The minimum absolute atomic E-state index is 0.0877. The van der Waals surface area contributed by atoms with Crippen molar-refractivity contribution in [2.45, 2.75) is 38.5 Å². The quantitative estimate of drug-likeness (QED) is 0.779. The smallest absolute Gasteiger partial charge is 0.255 e. The summed E-state index contributed by atoms with van der Waals surface area (Å²) < 4.78 is 5.88. The summed E-state index contributed by atoms with van der Waals surface area (Å²) >= 11 is 0. The Morgan fingerprint density at radius 2 is 1.70 bits per heavy atom. The molecule has 0 bridgehead atoms.